The molecule has 0 amide bonds. The summed E-state index contributed by atoms with van der Waals surface area (Å²) in [7, 11) is 0. The number of aliphatic hydroxyl groups is 3. The minimum Gasteiger partial charge on any atom is -0.502 e. The predicted molar refractivity (Wildman–Crippen MR) is 61.6 cm³/mol. The standard InChI is InChI=1S/C13H18O3/c1-2-3-4-5-11(14)8-6-10-7-9-12(15)13(10)16/h7,10-11,13-16H,2-5H2,1H3/t10-,11-,13+/m0/s1. The zero-order valence-corrected chi connectivity index (χ0v) is 9.48. The number of rotatable bonds is 4. The molecule has 1 aliphatic carbocycles. The van der Waals surface area contributed by atoms with Gasteiger partial charge in [0.2, 0.25) is 0 Å². The first kappa shape index (κ1) is 12.9. The lowest BCUT2D eigenvalue weighted by Crippen LogP contribution is -2.16. The van der Waals surface area contributed by atoms with E-state index in [1.54, 1.807) is 0 Å². The van der Waals surface area contributed by atoms with Gasteiger partial charge >= 0.3 is 0 Å². The van der Waals surface area contributed by atoms with Crippen molar-refractivity contribution in [2.24, 2.45) is 5.92 Å². The van der Waals surface area contributed by atoms with Crippen LogP contribution in [-0.2, 0) is 0 Å². The number of unbranched alkanes of at least 4 members (excludes halogenated alkanes) is 2. The molecule has 88 valence electrons. The number of aliphatic hydroxyl groups excluding tert-OH is 3. The van der Waals surface area contributed by atoms with Crippen molar-refractivity contribution in [3.8, 4) is 11.8 Å². The predicted octanol–water partition coefficient (Wildman–Crippen LogP) is 1.52. The molecular weight excluding hydrogens is 204 g/mol. The van der Waals surface area contributed by atoms with Crippen molar-refractivity contribution >= 4 is 0 Å². The Morgan fingerprint density at radius 1 is 1.50 bits per heavy atom. The Hall–Kier alpha value is -1.20. The van der Waals surface area contributed by atoms with E-state index < -0.39 is 18.1 Å². The van der Waals surface area contributed by atoms with Gasteiger partial charge in [-0.25, -0.2) is 0 Å². The topological polar surface area (TPSA) is 60.7 Å². The summed E-state index contributed by atoms with van der Waals surface area (Å²) < 4.78 is 0. The van der Waals surface area contributed by atoms with E-state index in [-0.39, 0.29) is 5.76 Å². The number of hydrogen-bond donors (Lipinski definition) is 3. The molecule has 0 spiro atoms. The van der Waals surface area contributed by atoms with Gasteiger partial charge in [0, 0.05) is 0 Å². The highest BCUT2D eigenvalue weighted by Gasteiger charge is 2.22. The van der Waals surface area contributed by atoms with E-state index in [9.17, 15) is 10.2 Å². The summed E-state index contributed by atoms with van der Waals surface area (Å²) in [6.07, 6.45) is 3.71. The van der Waals surface area contributed by atoms with Crippen LogP contribution in [0.1, 0.15) is 32.6 Å². The van der Waals surface area contributed by atoms with Crippen molar-refractivity contribution in [1.82, 2.24) is 0 Å². The molecule has 16 heavy (non-hydrogen) atoms. The quantitative estimate of drug-likeness (QED) is 0.384. The molecule has 1 aliphatic rings. The van der Waals surface area contributed by atoms with Crippen molar-refractivity contribution in [2.75, 3.05) is 0 Å². The molecule has 0 fully saturated rings. The van der Waals surface area contributed by atoms with Gasteiger partial charge in [0.1, 0.15) is 12.2 Å². The molecule has 3 N–H and O–H groups in total. The fourth-order valence-corrected chi connectivity index (χ4v) is 1.49. The molecule has 0 radical (unpaired) electrons. The highest BCUT2D eigenvalue weighted by Crippen LogP contribution is 2.16. The van der Waals surface area contributed by atoms with Crippen molar-refractivity contribution in [3.05, 3.63) is 17.6 Å². The first-order valence-electron chi connectivity index (χ1n) is 5.68. The minimum absolute atomic E-state index is 0.181. The lowest BCUT2D eigenvalue weighted by molar-refractivity contribution is 0.141. The highest BCUT2D eigenvalue weighted by atomic mass is 16.3. The lowest BCUT2D eigenvalue weighted by Gasteiger charge is -2.07. The van der Waals surface area contributed by atoms with E-state index in [2.05, 4.69) is 24.5 Å². The van der Waals surface area contributed by atoms with Crippen LogP contribution < -0.4 is 0 Å². The smallest absolute Gasteiger partial charge is 0.165 e. The lowest BCUT2D eigenvalue weighted by atomic mass is 10.1. The molecule has 0 aromatic rings. The van der Waals surface area contributed by atoms with Gasteiger partial charge in [-0.05, 0) is 18.9 Å². The molecule has 0 aliphatic heterocycles. The third-order valence-corrected chi connectivity index (χ3v) is 2.53. The molecule has 1 rings (SSSR count). The van der Waals surface area contributed by atoms with Crippen LogP contribution in [0, 0.1) is 17.8 Å². The van der Waals surface area contributed by atoms with E-state index in [0.717, 1.165) is 19.3 Å². The molecule has 0 saturated heterocycles. The molecule has 0 aromatic heterocycles. The van der Waals surface area contributed by atoms with Crippen LogP contribution >= 0.6 is 0 Å². The summed E-state index contributed by atoms with van der Waals surface area (Å²) >= 11 is 0. The van der Waals surface area contributed by atoms with E-state index in [1.807, 2.05) is 0 Å². The Bertz CT molecular complexity index is 342. The monoisotopic (exact) mass is 222 g/mol. The molecule has 3 heteroatoms. The molecule has 0 heterocycles. The van der Waals surface area contributed by atoms with E-state index in [1.165, 1.54) is 6.08 Å². The summed E-state index contributed by atoms with van der Waals surface area (Å²) in [5.41, 5.74) is 2.51. The second kappa shape index (κ2) is 6.40. The van der Waals surface area contributed by atoms with E-state index >= 15 is 0 Å². The molecule has 3 nitrogen and oxygen atoms in total. The van der Waals surface area contributed by atoms with Crippen LogP contribution in [0.4, 0.5) is 0 Å². The SMILES string of the molecule is CCCCC[C@H](O)C#C[C@H]1C=C=C(O)[C@@H]1O. The van der Waals surface area contributed by atoms with Crippen molar-refractivity contribution in [2.45, 2.75) is 44.8 Å². The largest absolute Gasteiger partial charge is 0.502 e. The summed E-state index contributed by atoms with van der Waals surface area (Å²) in [5.74, 6) is 4.80. The molecule has 0 saturated carbocycles. The Balaban J connectivity index is 2.35. The van der Waals surface area contributed by atoms with Gasteiger partial charge in [0.25, 0.3) is 0 Å². The zero-order valence-electron chi connectivity index (χ0n) is 9.48. The fraction of sp³-hybridized carbons (Fsp3) is 0.615. The van der Waals surface area contributed by atoms with Crippen LogP contribution in [0.5, 0.6) is 0 Å². The maximum Gasteiger partial charge on any atom is 0.165 e. The molecule has 0 bridgehead atoms. The summed E-state index contributed by atoms with van der Waals surface area (Å²) in [4.78, 5) is 0. The molecular formula is C13H18O3. The highest BCUT2D eigenvalue weighted by molar-refractivity contribution is 5.24. The van der Waals surface area contributed by atoms with E-state index in [0.29, 0.717) is 6.42 Å². The Morgan fingerprint density at radius 3 is 2.81 bits per heavy atom. The average Bonchev–Trinajstić information content (AvgIpc) is 2.58. The Morgan fingerprint density at radius 2 is 2.25 bits per heavy atom. The van der Waals surface area contributed by atoms with Crippen LogP contribution in [0.25, 0.3) is 0 Å². The molecule has 3 atom stereocenters. The summed E-state index contributed by atoms with van der Waals surface area (Å²) in [6.45, 7) is 2.10. The van der Waals surface area contributed by atoms with Crippen molar-refractivity contribution in [1.29, 1.82) is 0 Å². The summed E-state index contributed by atoms with van der Waals surface area (Å²) in [6, 6.07) is 0. The van der Waals surface area contributed by atoms with Crippen LogP contribution in [-0.4, -0.2) is 27.5 Å². The van der Waals surface area contributed by atoms with Crippen LogP contribution in [0.15, 0.2) is 17.6 Å². The van der Waals surface area contributed by atoms with Crippen LogP contribution in [0.3, 0.4) is 0 Å². The van der Waals surface area contributed by atoms with Gasteiger partial charge in [-0.2, -0.15) is 0 Å². The van der Waals surface area contributed by atoms with Crippen molar-refractivity contribution < 1.29 is 15.3 Å². The fourth-order valence-electron chi connectivity index (χ4n) is 1.49. The van der Waals surface area contributed by atoms with Gasteiger partial charge in [-0.15, -0.1) is 0 Å². The van der Waals surface area contributed by atoms with E-state index in [4.69, 9.17) is 5.11 Å². The first-order chi connectivity index (χ1) is 7.65. The van der Waals surface area contributed by atoms with Gasteiger partial charge in [-0.3, -0.25) is 0 Å². The molecule has 0 aromatic carbocycles. The molecule has 0 unspecified atom stereocenters. The normalized spacial score (nSPS) is 24.8. The summed E-state index contributed by atoms with van der Waals surface area (Å²) in [5, 5.41) is 28.0. The van der Waals surface area contributed by atoms with Crippen molar-refractivity contribution in [3.63, 3.8) is 0 Å². The van der Waals surface area contributed by atoms with Gasteiger partial charge in [-0.1, -0.05) is 37.3 Å². The Labute approximate surface area is 96.1 Å². The average molecular weight is 222 g/mol. The van der Waals surface area contributed by atoms with Gasteiger partial charge in [0.05, 0.1) is 5.92 Å². The second-order valence-corrected chi connectivity index (χ2v) is 3.97. The van der Waals surface area contributed by atoms with Crippen LogP contribution in [0.2, 0.25) is 0 Å². The zero-order chi connectivity index (χ0) is 12.0. The minimum atomic E-state index is -0.990. The van der Waals surface area contributed by atoms with Gasteiger partial charge in [0.15, 0.2) is 5.76 Å². The maximum absolute atomic E-state index is 9.53. The number of hydrogen-bond acceptors (Lipinski definition) is 3. The second-order valence-electron chi connectivity index (χ2n) is 3.97. The van der Waals surface area contributed by atoms with Gasteiger partial charge < -0.3 is 15.3 Å². The third kappa shape index (κ3) is 3.75. The third-order valence-electron chi connectivity index (χ3n) is 2.53. The Kier molecular flexibility index (Phi) is 5.14. The first-order valence-corrected chi connectivity index (χ1v) is 5.68. The maximum atomic E-state index is 9.53.